The molecule has 0 radical (unpaired) electrons. The number of rotatable bonds is 0. The van der Waals surface area contributed by atoms with Gasteiger partial charge in [0, 0.05) is 5.92 Å². The molecule has 2 aliphatic rings. The number of hydrogen-bond donors (Lipinski definition) is 0. The number of allylic oxidation sites excluding steroid dienone is 4. The third-order valence-corrected chi connectivity index (χ3v) is 3.30. The van der Waals surface area contributed by atoms with Crippen molar-refractivity contribution in [2.45, 2.75) is 45.4 Å². The van der Waals surface area contributed by atoms with Gasteiger partial charge in [0.2, 0.25) is 0 Å². The van der Waals surface area contributed by atoms with E-state index in [2.05, 4.69) is 19.1 Å². The van der Waals surface area contributed by atoms with E-state index in [1.807, 2.05) is 0 Å². The average molecular weight is 162 g/mol. The van der Waals surface area contributed by atoms with Crippen LogP contribution in [0, 0.1) is 5.92 Å². The van der Waals surface area contributed by atoms with Crippen LogP contribution in [0.25, 0.3) is 0 Å². The summed E-state index contributed by atoms with van der Waals surface area (Å²) in [6, 6.07) is 0. The van der Waals surface area contributed by atoms with Gasteiger partial charge in [-0.1, -0.05) is 23.3 Å². The fraction of sp³-hybridized carbons (Fsp3) is 0.667. The highest BCUT2D eigenvalue weighted by Crippen LogP contribution is 2.39. The van der Waals surface area contributed by atoms with Crippen LogP contribution in [0.15, 0.2) is 23.3 Å². The summed E-state index contributed by atoms with van der Waals surface area (Å²) in [5.41, 5.74) is 3.47. The molecule has 0 spiro atoms. The fourth-order valence-electron chi connectivity index (χ4n) is 2.65. The van der Waals surface area contributed by atoms with Gasteiger partial charge < -0.3 is 0 Å². The van der Waals surface area contributed by atoms with E-state index in [0.717, 1.165) is 5.92 Å². The van der Waals surface area contributed by atoms with Crippen LogP contribution in [0.4, 0.5) is 0 Å². The Kier molecular flexibility index (Phi) is 2.34. The molecule has 0 nitrogen and oxygen atoms in total. The van der Waals surface area contributed by atoms with Gasteiger partial charge in [-0.3, -0.25) is 0 Å². The molecule has 0 saturated heterocycles. The third-order valence-electron chi connectivity index (χ3n) is 3.30. The van der Waals surface area contributed by atoms with Gasteiger partial charge in [-0.05, 0) is 45.4 Å². The topological polar surface area (TPSA) is 0 Å². The smallest absolute Gasteiger partial charge is 0.000691 e. The molecule has 0 aromatic rings. The molecule has 66 valence electrons. The molecule has 1 saturated carbocycles. The fourth-order valence-corrected chi connectivity index (χ4v) is 2.65. The minimum absolute atomic E-state index is 0.859. The van der Waals surface area contributed by atoms with Gasteiger partial charge in [-0.2, -0.15) is 0 Å². The van der Waals surface area contributed by atoms with E-state index in [0.29, 0.717) is 0 Å². The molecule has 1 atom stereocenters. The molecule has 0 heterocycles. The van der Waals surface area contributed by atoms with E-state index in [1.54, 1.807) is 11.1 Å². The Labute approximate surface area is 75.4 Å². The normalized spacial score (nSPS) is 32.9. The average Bonchev–Trinajstić information content (AvgIpc) is 2.17. The summed E-state index contributed by atoms with van der Waals surface area (Å²) in [6.45, 7) is 2.20. The van der Waals surface area contributed by atoms with Gasteiger partial charge in [0.15, 0.2) is 0 Å². The van der Waals surface area contributed by atoms with Crippen LogP contribution in [0.3, 0.4) is 0 Å². The second-order valence-corrected chi connectivity index (χ2v) is 3.98. The van der Waals surface area contributed by atoms with Crippen LogP contribution in [-0.2, 0) is 0 Å². The van der Waals surface area contributed by atoms with E-state index in [1.165, 1.54) is 38.5 Å². The Morgan fingerprint density at radius 2 is 2.25 bits per heavy atom. The van der Waals surface area contributed by atoms with Crippen LogP contribution < -0.4 is 0 Å². The Bertz CT molecular complexity index is 220. The summed E-state index contributed by atoms with van der Waals surface area (Å²) >= 11 is 0. The van der Waals surface area contributed by atoms with Gasteiger partial charge in [0.05, 0.1) is 0 Å². The molecule has 2 aliphatic carbocycles. The zero-order chi connectivity index (χ0) is 8.39. The van der Waals surface area contributed by atoms with Gasteiger partial charge in [0.1, 0.15) is 0 Å². The largest absolute Gasteiger partial charge is 0.0879 e. The van der Waals surface area contributed by atoms with E-state index >= 15 is 0 Å². The van der Waals surface area contributed by atoms with Gasteiger partial charge in [-0.15, -0.1) is 0 Å². The first-order chi connectivity index (χ1) is 5.92. The van der Waals surface area contributed by atoms with Crippen molar-refractivity contribution in [3.63, 3.8) is 0 Å². The van der Waals surface area contributed by atoms with E-state index in [4.69, 9.17) is 0 Å². The second-order valence-electron chi connectivity index (χ2n) is 3.98. The standard InChI is InChI=1S/C12H18/c1-2-10-7-5-8-11-6-3-4-9-12(10)11/h2,6,12H,3-5,7-9H2,1H3/b10-2+. The summed E-state index contributed by atoms with van der Waals surface area (Å²) in [5.74, 6) is 0.859. The highest BCUT2D eigenvalue weighted by atomic mass is 14.3. The van der Waals surface area contributed by atoms with Crippen molar-refractivity contribution in [1.29, 1.82) is 0 Å². The molecule has 0 aromatic carbocycles. The first-order valence-electron chi connectivity index (χ1n) is 5.26. The monoisotopic (exact) mass is 162 g/mol. The summed E-state index contributed by atoms with van der Waals surface area (Å²) in [5, 5.41) is 0. The maximum atomic E-state index is 2.50. The Balaban J connectivity index is 2.22. The maximum Gasteiger partial charge on any atom is 0.000691 e. The SMILES string of the molecule is C/C=C1\CCCC2=CCCCC21. The van der Waals surface area contributed by atoms with Crippen LogP contribution in [0.2, 0.25) is 0 Å². The zero-order valence-corrected chi connectivity index (χ0v) is 7.97. The lowest BCUT2D eigenvalue weighted by Crippen LogP contribution is -2.15. The lowest BCUT2D eigenvalue weighted by atomic mass is 9.74. The summed E-state index contributed by atoms with van der Waals surface area (Å²) in [4.78, 5) is 0. The molecule has 0 heteroatoms. The van der Waals surface area contributed by atoms with Crippen molar-refractivity contribution < 1.29 is 0 Å². The highest BCUT2D eigenvalue weighted by molar-refractivity contribution is 5.26. The van der Waals surface area contributed by atoms with E-state index in [-0.39, 0.29) is 0 Å². The molecule has 1 unspecified atom stereocenters. The van der Waals surface area contributed by atoms with E-state index < -0.39 is 0 Å². The third kappa shape index (κ3) is 1.35. The predicted molar refractivity (Wildman–Crippen MR) is 53.0 cm³/mol. The van der Waals surface area contributed by atoms with Crippen LogP contribution >= 0.6 is 0 Å². The Hall–Kier alpha value is -0.520. The molecule has 0 N–H and O–H groups in total. The van der Waals surface area contributed by atoms with Crippen LogP contribution in [-0.4, -0.2) is 0 Å². The van der Waals surface area contributed by atoms with Crippen molar-refractivity contribution in [2.75, 3.05) is 0 Å². The van der Waals surface area contributed by atoms with E-state index in [9.17, 15) is 0 Å². The molecule has 0 amide bonds. The predicted octanol–water partition coefficient (Wildman–Crippen LogP) is 3.84. The summed E-state index contributed by atoms with van der Waals surface area (Å²) < 4.78 is 0. The Morgan fingerprint density at radius 3 is 3.08 bits per heavy atom. The lowest BCUT2D eigenvalue weighted by Gasteiger charge is -2.31. The van der Waals surface area contributed by atoms with Crippen molar-refractivity contribution >= 4 is 0 Å². The summed E-state index contributed by atoms with van der Waals surface area (Å²) in [6.07, 6.45) is 13.1. The van der Waals surface area contributed by atoms with Gasteiger partial charge in [-0.25, -0.2) is 0 Å². The van der Waals surface area contributed by atoms with Gasteiger partial charge in [0.25, 0.3) is 0 Å². The van der Waals surface area contributed by atoms with Crippen molar-refractivity contribution in [2.24, 2.45) is 5.92 Å². The molecule has 0 aliphatic heterocycles. The molecule has 12 heavy (non-hydrogen) atoms. The van der Waals surface area contributed by atoms with Crippen LogP contribution in [0.5, 0.6) is 0 Å². The number of hydrogen-bond acceptors (Lipinski definition) is 0. The highest BCUT2D eigenvalue weighted by Gasteiger charge is 2.24. The molecule has 2 rings (SSSR count). The minimum atomic E-state index is 0.859. The second kappa shape index (κ2) is 3.47. The Morgan fingerprint density at radius 1 is 1.33 bits per heavy atom. The van der Waals surface area contributed by atoms with Crippen molar-refractivity contribution in [3.05, 3.63) is 23.3 Å². The quantitative estimate of drug-likeness (QED) is 0.475. The van der Waals surface area contributed by atoms with Crippen molar-refractivity contribution in [1.82, 2.24) is 0 Å². The lowest BCUT2D eigenvalue weighted by molar-refractivity contribution is 0.492. The maximum absolute atomic E-state index is 2.50. The van der Waals surface area contributed by atoms with Crippen LogP contribution in [0.1, 0.15) is 45.4 Å². The minimum Gasteiger partial charge on any atom is -0.0879 e. The summed E-state index contributed by atoms with van der Waals surface area (Å²) in [7, 11) is 0. The van der Waals surface area contributed by atoms with Gasteiger partial charge >= 0.3 is 0 Å². The number of fused-ring (bicyclic) bond motifs is 1. The molecular weight excluding hydrogens is 144 g/mol. The molecule has 0 aromatic heterocycles. The first-order valence-corrected chi connectivity index (χ1v) is 5.26. The first kappa shape index (κ1) is 8.10. The zero-order valence-electron chi connectivity index (χ0n) is 7.97. The molecule has 0 bridgehead atoms. The molecular formula is C12H18. The van der Waals surface area contributed by atoms with Crippen molar-refractivity contribution in [3.8, 4) is 0 Å². The molecule has 1 fully saturated rings.